The van der Waals surface area contributed by atoms with Gasteiger partial charge in [0.2, 0.25) is 5.91 Å². The molecule has 0 aromatic heterocycles. The number of carbonyl (C=O) groups excluding carboxylic acids is 3. The van der Waals surface area contributed by atoms with Crippen LogP contribution in [0.1, 0.15) is 28.8 Å². The smallest absolute Gasteiger partial charge is 0.258 e. The Balaban J connectivity index is 1.44. The van der Waals surface area contributed by atoms with Crippen molar-refractivity contribution in [3.63, 3.8) is 0 Å². The number of amides is 2. The van der Waals surface area contributed by atoms with Crippen molar-refractivity contribution in [1.82, 2.24) is 10.6 Å². The lowest BCUT2D eigenvalue weighted by atomic mass is 10.0. The largest absolute Gasteiger partial charge is 0.484 e. The summed E-state index contributed by atoms with van der Waals surface area (Å²) in [7, 11) is 0. The van der Waals surface area contributed by atoms with E-state index in [0.717, 1.165) is 12.8 Å². The number of nitrogens with one attached hydrogen (secondary N) is 2. The van der Waals surface area contributed by atoms with Crippen LogP contribution in [-0.2, 0) is 9.59 Å². The van der Waals surface area contributed by atoms with E-state index >= 15 is 0 Å². The van der Waals surface area contributed by atoms with E-state index in [2.05, 4.69) is 10.6 Å². The minimum atomic E-state index is -0.375. The van der Waals surface area contributed by atoms with E-state index in [4.69, 9.17) is 4.74 Å². The molecule has 1 aliphatic rings. The van der Waals surface area contributed by atoms with Crippen LogP contribution in [0.4, 0.5) is 0 Å². The van der Waals surface area contributed by atoms with E-state index in [-0.39, 0.29) is 36.8 Å². The zero-order valence-corrected chi connectivity index (χ0v) is 14.2. The molecule has 0 unspecified atom stereocenters. The first-order chi connectivity index (χ1) is 12.6. The minimum Gasteiger partial charge on any atom is -0.484 e. The lowest BCUT2D eigenvalue weighted by Crippen LogP contribution is -2.39. The maximum Gasteiger partial charge on any atom is 0.258 e. The maximum absolute atomic E-state index is 12.3. The average molecular weight is 352 g/mol. The van der Waals surface area contributed by atoms with Gasteiger partial charge in [0, 0.05) is 17.2 Å². The summed E-state index contributed by atoms with van der Waals surface area (Å²) in [4.78, 5) is 35.5. The minimum absolute atomic E-state index is 0.0524. The van der Waals surface area contributed by atoms with Gasteiger partial charge in [-0.3, -0.25) is 14.4 Å². The van der Waals surface area contributed by atoms with Crippen molar-refractivity contribution < 1.29 is 19.1 Å². The fourth-order valence-electron chi connectivity index (χ4n) is 2.34. The van der Waals surface area contributed by atoms with Crippen LogP contribution >= 0.6 is 0 Å². The lowest BCUT2D eigenvalue weighted by Gasteiger charge is -2.08. The normalized spacial score (nSPS) is 12.9. The Labute approximate surface area is 151 Å². The van der Waals surface area contributed by atoms with Gasteiger partial charge >= 0.3 is 0 Å². The van der Waals surface area contributed by atoms with Crippen molar-refractivity contribution in [3.8, 4) is 5.75 Å². The third-order valence-corrected chi connectivity index (χ3v) is 3.91. The summed E-state index contributed by atoms with van der Waals surface area (Å²) in [6.45, 7) is -0.244. The van der Waals surface area contributed by atoms with Gasteiger partial charge in [-0.15, -0.1) is 0 Å². The summed E-state index contributed by atoms with van der Waals surface area (Å²) in [5, 5.41) is 5.29. The van der Waals surface area contributed by atoms with Crippen molar-refractivity contribution in [2.75, 3.05) is 13.2 Å². The predicted molar refractivity (Wildman–Crippen MR) is 96.0 cm³/mol. The zero-order chi connectivity index (χ0) is 18.4. The van der Waals surface area contributed by atoms with E-state index < -0.39 is 0 Å². The van der Waals surface area contributed by atoms with Crippen LogP contribution in [0.2, 0.25) is 0 Å². The third kappa shape index (κ3) is 5.17. The molecule has 2 amide bonds. The number of carbonyl (C=O) groups is 3. The molecule has 1 aliphatic carbocycles. The van der Waals surface area contributed by atoms with E-state index in [1.54, 1.807) is 36.4 Å². The fraction of sp³-hybridized carbons (Fsp3) is 0.250. The van der Waals surface area contributed by atoms with Gasteiger partial charge in [-0.2, -0.15) is 0 Å². The van der Waals surface area contributed by atoms with E-state index in [0.29, 0.717) is 16.9 Å². The van der Waals surface area contributed by atoms with Gasteiger partial charge in [0.25, 0.3) is 5.91 Å². The second-order valence-corrected chi connectivity index (χ2v) is 6.13. The molecule has 0 saturated heterocycles. The van der Waals surface area contributed by atoms with Crippen LogP contribution in [0, 0.1) is 0 Å². The van der Waals surface area contributed by atoms with Crippen molar-refractivity contribution in [2.45, 2.75) is 18.9 Å². The molecule has 0 bridgehead atoms. The molecule has 2 aromatic carbocycles. The third-order valence-electron chi connectivity index (χ3n) is 3.91. The van der Waals surface area contributed by atoms with Crippen molar-refractivity contribution in [1.29, 1.82) is 0 Å². The second kappa shape index (κ2) is 8.29. The highest BCUT2D eigenvalue weighted by Gasteiger charge is 2.23. The quantitative estimate of drug-likeness (QED) is 0.708. The highest BCUT2D eigenvalue weighted by atomic mass is 16.5. The van der Waals surface area contributed by atoms with Crippen molar-refractivity contribution in [2.24, 2.45) is 0 Å². The standard InChI is InChI=1S/C20H20N2O4/c23-18(22-16-8-9-16)12-21-19(24)13-26-17-10-6-15(7-11-17)20(25)14-4-2-1-3-5-14/h1-7,10-11,16H,8-9,12-13H2,(H,21,24)(H,22,23). The molecule has 1 saturated carbocycles. The van der Waals surface area contributed by atoms with Gasteiger partial charge in [-0.1, -0.05) is 30.3 Å². The molecule has 2 aromatic rings. The van der Waals surface area contributed by atoms with E-state index in [9.17, 15) is 14.4 Å². The molecule has 6 heteroatoms. The summed E-state index contributed by atoms with van der Waals surface area (Å²) in [6, 6.07) is 15.9. The Morgan fingerprint density at radius 2 is 1.54 bits per heavy atom. The molecule has 0 radical (unpaired) electrons. The summed E-state index contributed by atoms with van der Waals surface area (Å²) < 4.78 is 5.38. The fourth-order valence-corrected chi connectivity index (χ4v) is 2.34. The monoisotopic (exact) mass is 352 g/mol. The molecule has 2 N–H and O–H groups in total. The van der Waals surface area contributed by atoms with Crippen LogP contribution in [0.3, 0.4) is 0 Å². The van der Waals surface area contributed by atoms with E-state index in [1.807, 2.05) is 18.2 Å². The number of rotatable bonds is 8. The molecular formula is C20H20N2O4. The average Bonchev–Trinajstić information content (AvgIpc) is 3.49. The molecule has 0 atom stereocenters. The Bertz CT molecular complexity index is 783. The van der Waals surface area contributed by atoms with Gasteiger partial charge in [-0.05, 0) is 37.1 Å². The van der Waals surface area contributed by atoms with Crippen LogP contribution in [0.5, 0.6) is 5.75 Å². The number of benzene rings is 2. The molecular weight excluding hydrogens is 332 g/mol. The molecule has 0 spiro atoms. The maximum atomic E-state index is 12.3. The van der Waals surface area contributed by atoms with E-state index in [1.165, 1.54) is 0 Å². The molecule has 0 heterocycles. The van der Waals surface area contributed by atoms with Crippen molar-refractivity contribution >= 4 is 17.6 Å². The van der Waals surface area contributed by atoms with Crippen LogP contribution in [0.15, 0.2) is 54.6 Å². The number of ketones is 1. The van der Waals surface area contributed by atoms with Gasteiger partial charge in [0.15, 0.2) is 12.4 Å². The molecule has 6 nitrogen and oxygen atoms in total. The number of hydrogen-bond donors (Lipinski definition) is 2. The number of hydrogen-bond acceptors (Lipinski definition) is 4. The Kier molecular flexibility index (Phi) is 5.63. The number of ether oxygens (including phenoxy) is 1. The highest BCUT2D eigenvalue weighted by Crippen LogP contribution is 2.18. The first-order valence-electron chi connectivity index (χ1n) is 8.50. The first-order valence-corrected chi connectivity index (χ1v) is 8.50. The second-order valence-electron chi connectivity index (χ2n) is 6.13. The molecule has 3 rings (SSSR count). The summed E-state index contributed by atoms with van der Waals surface area (Å²) in [5.41, 5.74) is 1.16. The summed E-state index contributed by atoms with van der Waals surface area (Å²) in [5.74, 6) is -0.159. The summed E-state index contributed by atoms with van der Waals surface area (Å²) >= 11 is 0. The molecule has 134 valence electrons. The van der Waals surface area contributed by atoms with Gasteiger partial charge in [0.1, 0.15) is 5.75 Å². The lowest BCUT2D eigenvalue weighted by molar-refractivity contribution is -0.127. The highest BCUT2D eigenvalue weighted by molar-refractivity contribution is 6.08. The molecule has 26 heavy (non-hydrogen) atoms. The predicted octanol–water partition coefficient (Wildman–Crippen LogP) is 1.69. The Morgan fingerprint density at radius 1 is 0.885 bits per heavy atom. The van der Waals surface area contributed by atoms with Crippen LogP contribution in [0.25, 0.3) is 0 Å². The molecule has 1 fully saturated rings. The van der Waals surface area contributed by atoms with Crippen molar-refractivity contribution in [3.05, 3.63) is 65.7 Å². The zero-order valence-electron chi connectivity index (χ0n) is 14.2. The first kappa shape index (κ1) is 17.7. The topological polar surface area (TPSA) is 84.5 Å². The summed E-state index contributed by atoms with van der Waals surface area (Å²) in [6.07, 6.45) is 2.01. The Morgan fingerprint density at radius 3 is 2.19 bits per heavy atom. The van der Waals surface area contributed by atoms with Crippen LogP contribution < -0.4 is 15.4 Å². The SMILES string of the molecule is O=C(COc1ccc(C(=O)c2ccccc2)cc1)NCC(=O)NC1CC1. The Hall–Kier alpha value is -3.15. The van der Waals surface area contributed by atoms with Gasteiger partial charge in [-0.25, -0.2) is 0 Å². The molecule has 0 aliphatic heterocycles. The van der Waals surface area contributed by atoms with Gasteiger partial charge < -0.3 is 15.4 Å². The van der Waals surface area contributed by atoms with Gasteiger partial charge in [0.05, 0.1) is 6.54 Å². The van der Waals surface area contributed by atoms with Crippen LogP contribution in [-0.4, -0.2) is 36.8 Å².